The summed E-state index contributed by atoms with van der Waals surface area (Å²) in [5, 5.41) is 2.90. The van der Waals surface area contributed by atoms with E-state index >= 15 is 0 Å². The molecule has 0 saturated heterocycles. The van der Waals surface area contributed by atoms with Crippen LogP contribution in [-0.2, 0) is 4.74 Å². The minimum absolute atomic E-state index is 0.0353. The molecule has 0 spiro atoms. The van der Waals surface area contributed by atoms with E-state index in [0.29, 0.717) is 11.3 Å². The number of carbonyl (C=O) groups is 1. The maximum Gasteiger partial charge on any atom is 0.251 e. The van der Waals surface area contributed by atoms with Gasteiger partial charge in [0.1, 0.15) is 0 Å². The van der Waals surface area contributed by atoms with Crippen molar-refractivity contribution in [3.63, 3.8) is 0 Å². The van der Waals surface area contributed by atoms with E-state index < -0.39 is 0 Å². The summed E-state index contributed by atoms with van der Waals surface area (Å²) in [6.45, 7) is 1.54. The van der Waals surface area contributed by atoms with Crippen LogP contribution in [0.5, 0.6) is 0 Å². The summed E-state index contributed by atoms with van der Waals surface area (Å²) in [6.07, 6.45) is 4.35. The van der Waals surface area contributed by atoms with E-state index in [1.807, 2.05) is 43.3 Å². The Morgan fingerprint density at radius 3 is 1.93 bits per heavy atom. The summed E-state index contributed by atoms with van der Waals surface area (Å²) in [5.41, 5.74) is 14.4. The zero-order valence-corrected chi connectivity index (χ0v) is 19.5. The third kappa shape index (κ3) is 13.0. The maximum atomic E-state index is 11.7. The van der Waals surface area contributed by atoms with Gasteiger partial charge >= 0.3 is 0 Å². The van der Waals surface area contributed by atoms with Crippen molar-refractivity contribution >= 4 is 32.4 Å². The van der Waals surface area contributed by atoms with E-state index in [9.17, 15) is 4.79 Å². The van der Waals surface area contributed by atoms with Gasteiger partial charge in [0.15, 0.2) is 0 Å². The predicted molar refractivity (Wildman–Crippen MR) is 131 cm³/mol. The minimum Gasteiger partial charge on any atom is -0.399 e. The first-order valence-electron chi connectivity index (χ1n) is 9.85. The van der Waals surface area contributed by atoms with Crippen molar-refractivity contribution in [2.45, 2.75) is 25.7 Å². The Hall–Kier alpha value is -2.34. The number of anilines is 3. The standard InChI is InChI=1S/C14H22N2O2.C8H12N2.H3OP/c1-18-11-5-3-2-4-10-16-14(17)12-6-8-13(15)9-7-12;1-10(2)8-5-3-7(9)4-6-8;1-2/h6-9H,2-5,10-11,15H2,1H3,(H,16,17);3-6H,9H2,1-2H3;1H,2H2. The Kier molecular flexibility index (Phi) is 16.1. The van der Waals surface area contributed by atoms with Crippen LogP contribution in [0.1, 0.15) is 36.0 Å². The van der Waals surface area contributed by atoms with Crippen molar-refractivity contribution in [1.82, 2.24) is 5.32 Å². The van der Waals surface area contributed by atoms with Crippen LogP contribution in [0.4, 0.5) is 17.1 Å². The second-order valence-corrected chi connectivity index (χ2v) is 6.77. The van der Waals surface area contributed by atoms with Crippen molar-refractivity contribution < 1.29 is 14.4 Å². The largest absolute Gasteiger partial charge is 0.399 e. The lowest BCUT2D eigenvalue weighted by Gasteiger charge is -2.11. The molecule has 2 aromatic carbocycles. The molecule has 1 amide bonds. The molecule has 0 aromatic heterocycles. The lowest BCUT2D eigenvalue weighted by molar-refractivity contribution is 0.0953. The van der Waals surface area contributed by atoms with Crippen LogP contribution >= 0.6 is 9.47 Å². The van der Waals surface area contributed by atoms with E-state index in [-0.39, 0.29) is 5.91 Å². The number of benzene rings is 2. The van der Waals surface area contributed by atoms with Crippen LogP contribution in [0.2, 0.25) is 0 Å². The number of carbonyl (C=O) groups excluding carboxylic acids is 1. The van der Waals surface area contributed by atoms with E-state index in [4.69, 9.17) is 21.1 Å². The second-order valence-electron chi connectivity index (χ2n) is 6.77. The fourth-order valence-electron chi connectivity index (χ4n) is 2.44. The zero-order chi connectivity index (χ0) is 22.8. The van der Waals surface area contributed by atoms with Gasteiger partial charge in [-0.15, -0.1) is 0 Å². The lowest BCUT2D eigenvalue weighted by Crippen LogP contribution is -2.24. The molecular formula is C22H37N4O3P. The van der Waals surface area contributed by atoms with Crippen molar-refractivity contribution in [2.75, 3.05) is 50.7 Å². The highest BCUT2D eigenvalue weighted by atomic mass is 31.0. The summed E-state index contributed by atoms with van der Waals surface area (Å²) in [4.78, 5) is 20.7. The Morgan fingerprint density at radius 2 is 1.43 bits per heavy atom. The van der Waals surface area contributed by atoms with Crippen molar-refractivity contribution in [1.29, 1.82) is 0 Å². The molecule has 1 unspecified atom stereocenters. The molecule has 0 aliphatic heterocycles. The molecule has 2 rings (SSSR count). The van der Waals surface area contributed by atoms with Gasteiger partial charge < -0.3 is 31.3 Å². The number of ether oxygens (including phenoxy) is 1. The molecule has 1 atom stereocenters. The number of nitrogens with two attached hydrogens (primary N) is 2. The quantitative estimate of drug-likeness (QED) is 0.272. The van der Waals surface area contributed by atoms with E-state index in [1.54, 1.807) is 31.4 Å². The number of amides is 1. The highest BCUT2D eigenvalue weighted by Crippen LogP contribution is 2.12. The van der Waals surface area contributed by atoms with Crippen LogP contribution < -0.4 is 21.7 Å². The van der Waals surface area contributed by atoms with Gasteiger partial charge in [-0.3, -0.25) is 4.79 Å². The monoisotopic (exact) mass is 436 g/mol. The number of methoxy groups -OCH3 is 1. The average Bonchev–Trinajstić information content (AvgIpc) is 2.75. The molecule has 0 aliphatic carbocycles. The van der Waals surface area contributed by atoms with Gasteiger partial charge in [0.2, 0.25) is 0 Å². The highest BCUT2D eigenvalue weighted by Gasteiger charge is 2.03. The van der Waals surface area contributed by atoms with Gasteiger partial charge in [-0.25, -0.2) is 0 Å². The normalized spacial score (nSPS) is 9.50. The zero-order valence-electron chi connectivity index (χ0n) is 18.3. The van der Waals surface area contributed by atoms with Crippen LogP contribution in [-0.4, -0.2) is 45.2 Å². The molecule has 8 heteroatoms. The summed E-state index contributed by atoms with van der Waals surface area (Å²) in [7, 11) is 7.14. The number of rotatable bonds is 9. The van der Waals surface area contributed by atoms with Crippen LogP contribution in [0.25, 0.3) is 0 Å². The molecule has 7 nitrogen and oxygen atoms in total. The number of nitrogen functional groups attached to an aromatic ring is 2. The fourth-order valence-corrected chi connectivity index (χ4v) is 2.44. The molecule has 0 aliphatic rings. The van der Waals surface area contributed by atoms with Gasteiger partial charge in [0.25, 0.3) is 5.91 Å². The molecule has 0 saturated carbocycles. The summed E-state index contributed by atoms with van der Waals surface area (Å²) >= 11 is 0. The molecule has 0 heterocycles. The summed E-state index contributed by atoms with van der Waals surface area (Å²) < 4.78 is 4.97. The molecule has 168 valence electrons. The second kappa shape index (κ2) is 17.5. The van der Waals surface area contributed by atoms with Crippen molar-refractivity contribution in [3.05, 3.63) is 54.1 Å². The van der Waals surface area contributed by atoms with E-state index in [0.717, 1.165) is 44.5 Å². The van der Waals surface area contributed by atoms with Gasteiger partial charge in [-0.1, -0.05) is 12.8 Å². The Balaban J connectivity index is 0.000000590. The first kappa shape index (κ1) is 27.7. The fraction of sp³-hybridized carbons (Fsp3) is 0.409. The first-order chi connectivity index (χ1) is 14.4. The minimum atomic E-state index is -0.0353. The van der Waals surface area contributed by atoms with Gasteiger partial charge in [0, 0.05) is 57.0 Å². The predicted octanol–water partition coefficient (Wildman–Crippen LogP) is 3.31. The van der Waals surface area contributed by atoms with Crippen molar-refractivity contribution in [3.8, 4) is 0 Å². The number of hydrogen-bond acceptors (Lipinski definition) is 6. The first-order valence-corrected chi connectivity index (χ1v) is 10.4. The molecule has 0 fully saturated rings. The van der Waals surface area contributed by atoms with Crippen LogP contribution in [0.3, 0.4) is 0 Å². The molecular weight excluding hydrogens is 399 g/mol. The molecule has 30 heavy (non-hydrogen) atoms. The summed E-state index contributed by atoms with van der Waals surface area (Å²) in [5.74, 6) is -0.0353. The number of unbranched alkanes of at least 4 members (excludes halogenated alkanes) is 3. The molecule has 6 N–H and O–H groups in total. The van der Waals surface area contributed by atoms with E-state index in [1.165, 1.54) is 15.2 Å². The molecule has 0 bridgehead atoms. The third-order valence-corrected chi connectivity index (χ3v) is 4.14. The van der Waals surface area contributed by atoms with Crippen LogP contribution in [0, 0.1) is 0 Å². The van der Waals surface area contributed by atoms with Gasteiger partial charge in [-0.05, 0) is 70.8 Å². The average molecular weight is 437 g/mol. The van der Waals surface area contributed by atoms with Gasteiger partial charge in [-0.2, -0.15) is 0 Å². The Bertz CT molecular complexity index is 680. The summed E-state index contributed by atoms with van der Waals surface area (Å²) in [6, 6.07) is 14.7. The lowest BCUT2D eigenvalue weighted by atomic mass is 10.2. The Labute approximate surface area is 183 Å². The number of nitrogens with one attached hydrogen (secondary N) is 1. The maximum absolute atomic E-state index is 11.7. The molecule has 2 aromatic rings. The van der Waals surface area contributed by atoms with Gasteiger partial charge in [0.05, 0.1) is 0 Å². The number of nitrogens with zero attached hydrogens (tertiary/aromatic N) is 1. The highest BCUT2D eigenvalue weighted by molar-refractivity contribution is 7.08. The molecule has 0 radical (unpaired) electrons. The number of hydrogen-bond donors (Lipinski definition) is 4. The third-order valence-electron chi connectivity index (χ3n) is 4.14. The smallest absolute Gasteiger partial charge is 0.251 e. The Morgan fingerprint density at radius 1 is 0.933 bits per heavy atom. The van der Waals surface area contributed by atoms with E-state index in [2.05, 4.69) is 5.32 Å². The topological polar surface area (TPSA) is 114 Å². The SMILES string of the molecule is CN(C)c1ccc(N)cc1.COCCCCCCNC(=O)c1ccc(N)cc1.OP. The van der Waals surface area contributed by atoms with Crippen LogP contribution in [0.15, 0.2) is 48.5 Å². The van der Waals surface area contributed by atoms with Crippen molar-refractivity contribution in [2.24, 2.45) is 0 Å².